The number of methoxy groups -OCH3 is 2. The standard InChI is InChI=1S/C25H23ClN4O3/c1-32-18-10-11-19(24(15-18)33-2)21-16-23(30(29-21)22-9-4-3-8-20(22)26)25(31)28-14-12-17-7-5-6-13-27-17/h3-11,13,15-16H,12,14H2,1-2H3,(H,28,31). The maximum absolute atomic E-state index is 13.2. The van der Waals surface area contributed by atoms with Crippen LogP contribution in [0.5, 0.6) is 11.5 Å². The van der Waals surface area contributed by atoms with Gasteiger partial charge in [0, 0.05) is 36.5 Å². The number of carbonyl (C=O) groups excluding carboxylic acids is 1. The zero-order chi connectivity index (χ0) is 23.2. The second-order valence-electron chi connectivity index (χ2n) is 7.17. The zero-order valence-corrected chi connectivity index (χ0v) is 19.0. The van der Waals surface area contributed by atoms with Gasteiger partial charge in [0.05, 0.1) is 30.6 Å². The lowest BCUT2D eigenvalue weighted by Gasteiger charge is -2.10. The quantitative estimate of drug-likeness (QED) is 0.414. The van der Waals surface area contributed by atoms with Crippen LogP contribution in [0.3, 0.4) is 0 Å². The van der Waals surface area contributed by atoms with E-state index in [1.165, 1.54) is 0 Å². The Kier molecular flexibility index (Phi) is 6.90. The molecule has 7 nitrogen and oxygen atoms in total. The first-order valence-electron chi connectivity index (χ1n) is 10.4. The van der Waals surface area contributed by atoms with Gasteiger partial charge in [0.15, 0.2) is 0 Å². The van der Waals surface area contributed by atoms with Crippen LogP contribution >= 0.6 is 11.6 Å². The Morgan fingerprint density at radius 1 is 1.03 bits per heavy atom. The summed E-state index contributed by atoms with van der Waals surface area (Å²) in [7, 11) is 3.17. The van der Waals surface area contributed by atoms with Gasteiger partial charge in [-0.2, -0.15) is 5.10 Å². The molecular weight excluding hydrogens is 440 g/mol. The third-order valence-corrected chi connectivity index (χ3v) is 5.42. The third kappa shape index (κ3) is 4.99. The first-order chi connectivity index (χ1) is 16.1. The van der Waals surface area contributed by atoms with Gasteiger partial charge in [-0.3, -0.25) is 9.78 Å². The minimum Gasteiger partial charge on any atom is -0.497 e. The molecule has 1 N–H and O–H groups in total. The number of benzene rings is 2. The highest BCUT2D eigenvalue weighted by atomic mass is 35.5. The summed E-state index contributed by atoms with van der Waals surface area (Å²) in [6, 6.07) is 20.1. The van der Waals surface area contributed by atoms with E-state index in [1.807, 2.05) is 48.5 Å². The molecule has 33 heavy (non-hydrogen) atoms. The lowest BCUT2D eigenvalue weighted by Crippen LogP contribution is -2.28. The molecule has 0 radical (unpaired) electrons. The highest BCUT2D eigenvalue weighted by Crippen LogP contribution is 2.34. The number of hydrogen-bond donors (Lipinski definition) is 1. The van der Waals surface area contributed by atoms with Crippen LogP contribution in [-0.4, -0.2) is 41.4 Å². The molecule has 0 aliphatic rings. The molecule has 0 aliphatic heterocycles. The molecule has 0 bridgehead atoms. The SMILES string of the molecule is COc1ccc(-c2cc(C(=O)NCCc3ccccn3)n(-c3ccccc3Cl)n2)c(OC)c1. The number of rotatable bonds is 8. The Morgan fingerprint density at radius 3 is 2.58 bits per heavy atom. The Balaban J connectivity index is 1.69. The largest absolute Gasteiger partial charge is 0.497 e. The minimum absolute atomic E-state index is 0.267. The molecule has 2 aromatic carbocycles. The smallest absolute Gasteiger partial charge is 0.270 e. The normalized spacial score (nSPS) is 10.6. The Morgan fingerprint density at radius 2 is 1.85 bits per heavy atom. The van der Waals surface area contributed by atoms with Gasteiger partial charge in [-0.05, 0) is 42.5 Å². The number of para-hydroxylation sites is 1. The number of carbonyl (C=O) groups is 1. The molecule has 4 aromatic rings. The van der Waals surface area contributed by atoms with Crippen molar-refractivity contribution in [3.8, 4) is 28.4 Å². The number of ether oxygens (including phenoxy) is 2. The van der Waals surface area contributed by atoms with E-state index in [2.05, 4.69) is 10.3 Å². The van der Waals surface area contributed by atoms with E-state index in [-0.39, 0.29) is 5.91 Å². The number of nitrogens with zero attached hydrogens (tertiary/aromatic N) is 3. The molecule has 0 atom stereocenters. The van der Waals surface area contributed by atoms with Crippen LogP contribution in [0.4, 0.5) is 0 Å². The van der Waals surface area contributed by atoms with Crippen LogP contribution in [0.15, 0.2) is 72.9 Å². The molecule has 1 amide bonds. The van der Waals surface area contributed by atoms with Gasteiger partial charge in [0.1, 0.15) is 17.2 Å². The first-order valence-corrected chi connectivity index (χ1v) is 10.7. The lowest BCUT2D eigenvalue weighted by atomic mass is 10.1. The summed E-state index contributed by atoms with van der Waals surface area (Å²) in [5.74, 6) is 0.978. The van der Waals surface area contributed by atoms with Crippen molar-refractivity contribution in [2.75, 3.05) is 20.8 Å². The highest BCUT2D eigenvalue weighted by Gasteiger charge is 2.21. The van der Waals surface area contributed by atoms with E-state index >= 15 is 0 Å². The molecule has 0 saturated heterocycles. The van der Waals surface area contributed by atoms with Gasteiger partial charge in [-0.25, -0.2) is 4.68 Å². The summed E-state index contributed by atoms with van der Waals surface area (Å²) in [4.78, 5) is 17.4. The average Bonchev–Trinajstić information content (AvgIpc) is 3.29. The van der Waals surface area contributed by atoms with Crippen LogP contribution in [0, 0.1) is 0 Å². The molecule has 0 fully saturated rings. The predicted molar refractivity (Wildman–Crippen MR) is 127 cm³/mol. The van der Waals surface area contributed by atoms with Crippen LogP contribution in [-0.2, 0) is 6.42 Å². The molecular formula is C25H23ClN4O3. The van der Waals surface area contributed by atoms with Crippen molar-refractivity contribution in [3.05, 3.63) is 89.3 Å². The first kappa shape index (κ1) is 22.4. The predicted octanol–water partition coefficient (Wildman–Crippen LogP) is 4.58. The van der Waals surface area contributed by atoms with Crippen LogP contribution in [0.25, 0.3) is 16.9 Å². The van der Waals surface area contributed by atoms with Gasteiger partial charge >= 0.3 is 0 Å². The van der Waals surface area contributed by atoms with E-state index in [9.17, 15) is 4.79 Å². The van der Waals surface area contributed by atoms with E-state index in [0.29, 0.717) is 46.6 Å². The fourth-order valence-electron chi connectivity index (χ4n) is 3.43. The van der Waals surface area contributed by atoms with Crippen molar-refractivity contribution in [2.45, 2.75) is 6.42 Å². The van der Waals surface area contributed by atoms with Crippen molar-refractivity contribution in [3.63, 3.8) is 0 Å². The Bertz CT molecular complexity index is 1260. The minimum atomic E-state index is -0.267. The number of aromatic nitrogens is 3. The lowest BCUT2D eigenvalue weighted by molar-refractivity contribution is 0.0946. The average molecular weight is 463 g/mol. The van der Waals surface area contributed by atoms with Crippen molar-refractivity contribution >= 4 is 17.5 Å². The Hall–Kier alpha value is -3.84. The van der Waals surface area contributed by atoms with Crippen molar-refractivity contribution in [2.24, 2.45) is 0 Å². The number of pyridine rings is 1. The van der Waals surface area contributed by atoms with Crippen molar-refractivity contribution < 1.29 is 14.3 Å². The molecule has 0 spiro atoms. The number of nitrogens with one attached hydrogen (secondary N) is 1. The maximum atomic E-state index is 13.2. The van der Waals surface area contributed by atoms with Crippen LogP contribution in [0.2, 0.25) is 5.02 Å². The van der Waals surface area contributed by atoms with Crippen molar-refractivity contribution in [1.29, 1.82) is 0 Å². The van der Waals surface area contributed by atoms with E-state index < -0.39 is 0 Å². The number of amides is 1. The summed E-state index contributed by atoms with van der Waals surface area (Å²) < 4.78 is 12.4. The van der Waals surface area contributed by atoms with Gasteiger partial charge in [-0.1, -0.05) is 29.8 Å². The van der Waals surface area contributed by atoms with Gasteiger partial charge in [-0.15, -0.1) is 0 Å². The van der Waals surface area contributed by atoms with Gasteiger partial charge in [0.25, 0.3) is 5.91 Å². The molecule has 0 unspecified atom stereocenters. The summed E-state index contributed by atoms with van der Waals surface area (Å²) in [5.41, 5.74) is 3.17. The van der Waals surface area contributed by atoms with Gasteiger partial charge < -0.3 is 14.8 Å². The second kappa shape index (κ2) is 10.2. The molecule has 4 rings (SSSR count). The third-order valence-electron chi connectivity index (χ3n) is 5.10. The summed E-state index contributed by atoms with van der Waals surface area (Å²) in [6.07, 6.45) is 2.35. The van der Waals surface area contributed by atoms with Crippen LogP contribution in [0.1, 0.15) is 16.2 Å². The molecule has 168 valence electrons. The van der Waals surface area contributed by atoms with E-state index in [1.54, 1.807) is 43.3 Å². The number of hydrogen-bond acceptors (Lipinski definition) is 5. The molecule has 0 saturated carbocycles. The molecule has 2 aromatic heterocycles. The monoisotopic (exact) mass is 462 g/mol. The maximum Gasteiger partial charge on any atom is 0.270 e. The zero-order valence-electron chi connectivity index (χ0n) is 18.3. The molecule has 0 aliphatic carbocycles. The fourth-order valence-corrected chi connectivity index (χ4v) is 3.65. The topological polar surface area (TPSA) is 78.3 Å². The number of halogens is 1. The highest BCUT2D eigenvalue weighted by molar-refractivity contribution is 6.32. The molecule has 2 heterocycles. The van der Waals surface area contributed by atoms with Gasteiger partial charge in [0.2, 0.25) is 0 Å². The molecule has 8 heteroatoms. The summed E-state index contributed by atoms with van der Waals surface area (Å²) >= 11 is 6.43. The fraction of sp³-hybridized carbons (Fsp3) is 0.160. The summed E-state index contributed by atoms with van der Waals surface area (Å²) in [6.45, 7) is 0.435. The second-order valence-corrected chi connectivity index (χ2v) is 7.58. The Labute approximate surface area is 196 Å². The summed E-state index contributed by atoms with van der Waals surface area (Å²) in [5, 5.41) is 8.14. The van der Waals surface area contributed by atoms with Crippen LogP contribution < -0.4 is 14.8 Å². The van der Waals surface area contributed by atoms with Crippen molar-refractivity contribution in [1.82, 2.24) is 20.1 Å². The van der Waals surface area contributed by atoms with E-state index in [0.717, 1.165) is 11.3 Å². The van der Waals surface area contributed by atoms with E-state index in [4.69, 9.17) is 26.2 Å².